The summed E-state index contributed by atoms with van der Waals surface area (Å²) in [4.78, 5) is 21.6. The largest absolute Gasteiger partial charge is 0.478 e. The van der Waals surface area contributed by atoms with Crippen LogP contribution in [0.5, 0.6) is 0 Å². The number of nitrogens with one attached hydrogen (secondary N) is 1. The van der Waals surface area contributed by atoms with Gasteiger partial charge in [0.15, 0.2) is 0 Å². The number of aliphatic carboxylic acids is 1. The second-order valence-electron chi connectivity index (χ2n) is 2.94. The molecule has 1 fully saturated rings. The highest BCUT2D eigenvalue weighted by molar-refractivity contribution is 5.92. The summed E-state index contributed by atoms with van der Waals surface area (Å²) in [7, 11) is 0. The molecule has 1 amide bonds. The molecule has 0 aromatic carbocycles. The van der Waals surface area contributed by atoms with Crippen molar-refractivity contribution in [3.05, 3.63) is 35.6 Å². The highest BCUT2D eigenvalue weighted by Crippen LogP contribution is 2.18. The molecule has 4 heteroatoms. The lowest BCUT2D eigenvalue weighted by Gasteiger charge is -1.99. The Labute approximate surface area is 81.6 Å². The Morgan fingerprint density at radius 2 is 2.29 bits per heavy atom. The first-order chi connectivity index (χ1) is 6.54. The quantitative estimate of drug-likeness (QED) is 0.642. The lowest BCUT2D eigenvalue weighted by atomic mass is 10.1. The summed E-state index contributed by atoms with van der Waals surface area (Å²) in [6, 6.07) is 0. The predicted molar refractivity (Wildman–Crippen MR) is 51.4 cm³/mol. The van der Waals surface area contributed by atoms with E-state index in [9.17, 15) is 9.59 Å². The van der Waals surface area contributed by atoms with E-state index in [4.69, 9.17) is 5.11 Å². The zero-order valence-electron chi connectivity index (χ0n) is 7.83. The fourth-order valence-electron chi connectivity index (χ4n) is 1.13. The molecule has 0 saturated carbocycles. The van der Waals surface area contributed by atoms with Crippen LogP contribution in [0.2, 0.25) is 0 Å². The molecule has 0 bridgehead atoms. The van der Waals surface area contributed by atoms with Crippen molar-refractivity contribution in [1.82, 2.24) is 5.32 Å². The van der Waals surface area contributed by atoms with Crippen LogP contribution < -0.4 is 5.32 Å². The molecule has 0 atom stereocenters. The van der Waals surface area contributed by atoms with E-state index in [-0.39, 0.29) is 17.9 Å². The van der Waals surface area contributed by atoms with Crippen molar-refractivity contribution >= 4 is 11.9 Å². The summed E-state index contributed by atoms with van der Waals surface area (Å²) in [5.41, 5.74) is 1.25. The van der Waals surface area contributed by atoms with Gasteiger partial charge >= 0.3 is 5.97 Å². The third kappa shape index (κ3) is 2.10. The summed E-state index contributed by atoms with van der Waals surface area (Å²) in [6.07, 6.45) is 3.12. The Kier molecular flexibility index (Phi) is 2.86. The van der Waals surface area contributed by atoms with Gasteiger partial charge in [-0.05, 0) is 18.6 Å². The molecule has 1 aliphatic rings. The van der Waals surface area contributed by atoms with Crippen LogP contribution in [-0.4, -0.2) is 17.0 Å². The van der Waals surface area contributed by atoms with Crippen LogP contribution >= 0.6 is 0 Å². The van der Waals surface area contributed by atoms with Crippen molar-refractivity contribution in [3.8, 4) is 0 Å². The lowest BCUT2D eigenvalue weighted by Crippen LogP contribution is -2.12. The zero-order valence-corrected chi connectivity index (χ0v) is 7.83. The van der Waals surface area contributed by atoms with E-state index in [0.29, 0.717) is 11.3 Å². The zero-order chi connectivity index (χ0) is 10.7. The Hall–Kier alpha value is -1.84. The summed E-state index contributed by atoms with van der Waals surface area (Å²) < 4.78 is 0. The number of carboxylic acid groups (broad SMARTS) is 1. The maximum Gasteiger partial charge on any atom is 0.335 e. The maximum atomic E-state index is 10.9. The topological polar surface area (TPSA) is 66.4 Å². The van der Waals surface area contributed by atoms with E-state index >= 15 is 0 Å². The van der Waals surface area contributed by atoms with Crippen molar-refractivity contribution < 1.29 is 14.7 Å². The van der Waals surface area contributed by atoms with Crippen molar-refractivity contribution in [2.75, 3.05) is 0 Å². The van der Waals surface area contributed by atoms with E-state index in [2.05, 4.69) is 11.9 Å². The maximum absolute atomic E-state index is 10.9. The summed E-state index contributed by atoms with van der Waals surface area (Å²) in [6.45, 7) is 5.29. The van der Waals surface area contributed by atoms with Gasteiger partial charge in [-0.3, -0.25) is 4.79 Å². The summed E-state index contributed by atoms with van der Waals surface area (Å²) in [5, 5.41) is 11.3. The number of rotatable bonds is 2. The average Bonchev–Trinajstić information content (AvgIpc) is 2.40. The Morgan fingerprint density at radius 3 is 2.64 bits per heavy atom. The number of amides is 1. The third-order valence-corrected chi connectivity index (χ3v) is 1.89. The van der Waals surface area contributed by atoms with Gasteiger partial charge in [-0.25, -0.2) is 4.79 Å². The first kappa shape index (κ1) is 10.2. The first-order valence-electron chi connectivity index (χ1n) is 4.14. The van der Waals surface area contributed by atoms with Gasteiger partial charge in [0.2, 0.25) is 5.91 Å². The standard InChI is InChI=1S/C10H11NO3/c1-3-7(10(13)14)5-8-6(2)4-9(12)11-8/h3,5H,2,4H2,1H3,(H,11,12)(H,13,14)/b7-3+,8-5+. The number of carbonyl (C=O) groups excluding carboxylic acids is 1. The van der Waals surface area contributed by atoms with E-state index in [1.165, 1.54) is 12.2 Å². The molecule has 4 nitrogen and oxygen atoms in total. The molecule has 1 aliphatic heterocycles. The number of carbonyl (C=O) groups is 2. The minimum Gasteiger partial charge on any atom is -0.478 e. The van der Waals surface area contributed by atoms with Gasteiger partial charge < -0.3 is 10.4 Å². The van der Waals surface area contributed by atoms with Crippen LogP contribution in [0.15, 0.2) is 35.6 Å². The van der Waals surface area contributed by atoms with Gasteiger partial charge in [0.1, 0.15) is 0 Å². The van der Waals surface area contributed by atoms with Gasteiger partial charge in [0.05, 0.1) is 12.0 Å². The number of hydrogen-bond acceptors (Lipinski definition) is 2. The lowest BCUT2D eigenvalue weighted by molar-refractivity contribution is -0.132. The number of hydrogen-bond donors (Lipinski definition) is 2. The smallest absolute Gasteiger partial charge is 0.335 e. The van der Waals surface area contributed by atoms with E-state index in [0.717, 1.165) is 0 Å². The minimum atomic E-state index is -1.02. The highest BCUT2D eigenvalue weighted by atomic mass is 16.4. The van der Waals surface area contributed by atoms with Gasteiger partial charge in [0, 0.05) is 5.70 Å². The fraction of sp³-hybridized carbons (Fsp3) is 0.200. The van der Waals surface area contributed by atoms with Crippen molar-refractivity contribution in [2.24, 2.45) is 0 Å². The summed E-state index contributed by atoms with van der Waals surface area (Å²) in [5.74, 6) is -1.17. The van der Waals surface area contributed by atoms with Crippen molar-refractivity contribution in [3.63, 3.8) is 0 Å². The Balaban J connectivity index is 2.93. The Morgan fingerprint density at radius 1 is 1.64 bits per heavy atom. The van der Waals surface area contributed by atoms with Crippen molar-refractivity contribution in [1.29, 1.82) is 0 Å². The Bertz CT molecular complexity index is 364. The molecule has 0 radical (unpaired) electrons. The molecule has 1 heterocycles. The number of carboxylic acids is 1. The van der Waals surface area contributed by atoms with E-state index in [1.54, 1.807) is 6.92 Å². The molecule has 74 valence electrons. The molecule has 0 aromatic rings. The molecular formula is C10H11NO3. The first-order valence-corrected chi connectivity index (χ1v) is 4.14. The van der Waals surface area contributed by atoms with Gasteiger partial charge in [-0.2, -0.15) is 0 Å². The molecule has 0 aromatic heterocycles. The second-order valence-corrected chi connectivity index (χ2v) is 2.94. The van der Waals surface area contributed by atoms with Gasteiger partial charge in [-0.1, -0.05) is 12.7 Å². The molecule has 0 unspecified atom stereocenters. The molecule has 0 spiro atoms. The molecule has 14 heavy (non-hydrogen) atoms. The molecule has 0 aliphatic carbocycles. The molecule has 1 rings (SSSR count). The average molecular weight is 193 g/mol. The fourth-order valence-corrected chi connectivity index (χ4v) is 1.13. The predicted octanol–water partition coefficient (Wildman–Crippen LogP) is 0.977. The molecule has 2 N–H and O–H groups in total. The van der Waals surface area contributed by atoms with Crippen LogP contribution in [-0.2, 0) is 9.59 Å². The highest BCUT2D eigenvalue weighted by Gasteiger charge is 2.19. The molecular weight excluding hydrogens is 182 g/mol. The van der Waals surface area contributed by atoms with E-state index in [1.807, 2.05) is 0 Å². The normalized spacial score (nSPS) is 20.1. The third-order valence-electron chi connectivity index (χ3n) is 1.89. The minimum absolute atomic E-state index is 0.142. The van der Waals surface area contributed by atoms with Crippen LogP contribution in [0.25, 0.3) is 0 Å². The van der Waals surface area contributed by atoms with E-state index < -0.39 is 5.97 Å². The van der Waals surface area contributed by atoms with Crippen LogP contribution in [0.4, 0.5) is 0 Å². The van der Waals surface area contributed by atoms with Crippen LogP contribution in [0.3, 0.4) is 0 Å². The monoisotopic (exact) mass is 193 g/mol. The molecule has 1 saturated heterocycles. The SMILES string of the molecule is C=C1CC(=O)N/C1=C/C(=C\C)C(=O)O. The van der Waals surface area contributed by atoms with Crippen molar-refractivity contribution in [2.45, 2.75) is 13.3 Å². The number of allylic oxidation sites excluding steroid dienone is 2. The van der Waals surface area contributed by atoms with Gasteiger partial charge in [-0.15, -0.1) is 0 Å². The van der Waals surface area contributed by atoms with Crippen LogP contribution in [0, 0.1) is 0 Å². The summed E-state index contributed by atoms with van der Waals surface area (Å²) >= 11 is 0. The van der Waals surface area contributed by atoms with Gasteiger partial charge in [0.25, 0.3) is 0 Å². The second kappa shape index (κ2) is 3.91. The van der Waals surface area contributed by atoms with Crippen LogP contribution in [0.1, 0.15) is 13.3 Å².